The molecule has 6 heteroatoms. The number of urea groups is 1. The fraction of sp³-hybridized carbons (Fsp3) is 0.632. The smallest absolute Gasteiger partial charge is 0.314 e. The molecule has 3 rings (SSSR count). The average Bonchev–Trinajstić information content (AvgIpc) is 3.20. The van der Waals surface area contributed by atoms with Crippen molar-refractivity contribution in [3.05, 3.63) is 30.3 Å². The van der Waals surface area contributed by atoms with E-state index < -0.39 is 0 Å². The summed E-state index contributed by atoms with van der Waals surface area (Å²) in [5.41, 5.74) is 0. The van der Waals surface area contributed by atoms with E-state index in [0.717, 1.165) is 57.9 Å². The minimum Gasteiger partial charge on any atom is -0.492 e. The highest BCUT2D eigenvalue weighted by atomic mass is 16.5. The quantitative estimate of drug-likeness (QED) is 0.739. The lowest BCUT2D eigenvalue weighted by Crippen LogP contribution is -2.45. The molecule has 138 valence electrons. The highest BCUT2D eigenvalue weighted by Gasteiger charge is 2.27. The molecule has 1 aromatic rings. The zero-order valence-corrected chi connectivity index (χ0v) is 14.8. The summed E-state index contributed by atoms with van der Waals surface area (Å²) in [7, 11) is 0. The highest BCUT2D eigenvalue weighted by Crippen LogP contribution is 2.21. The minimum atomic E-state index is -0.108. The predicted octanol–water partition coefficient (Wildman–Crippen LogP) is 1.87. The topological polar surface area (TPSA) is 62.8 Å². The van der Waals surface area contributed by atoms with E-state index in [9.17, 15) is 4.79 Å². The summed E-state index contributed by atoms with van der Waals surface area (Å²) in [6.45, 7) is 5.75. The SMILES string of the molecule is O=C(NCCOc1ccccc1)NCC1CCN([C@H]2CCOC2)CC1. The molecule has 0 bridgehead atoms. The molecule has 25 heavy (non-hydrogen) atoms. The van der Waals surface area contributed by atoms with Crippen molar-refractivity contribution in [3.63, 3.8) is 0 Å². The number of carbonyl (C=O) groups excluding carboxylic acids is 1. The van der Waals surface area contributed by atoms with Crippen molar-refractivity contribution < 1.29 is 14.3 Å². The Labute approximate surface area is 149 Å². The molecule has 2 heterocycles. The molecule has 0 radical (unpaired) electrons. The third-order valence-corrected chi connectivity index (χ3v) is 5.02. The van der Waals surface area contributed by atoms with Gasteiger partial charge in [0.2, 0.25) is 0 Å². The lowest BCUT2D eigenvalue weighted by molar-refractivity contribution is 0.110. The maximum absolute atomic E-state index is 11.9. The van der Waals surface area contributed by atoms with Gasteiger partial charge in [-0.05, 0) is 50.4 Å². The lowest BCUT2D eigenvalue weighted by Gasteiger charge is -2.35. The van der Waals surface area contributed by atoms with Crippen molar-refractivity contribution in [1.29, 1.82) is 0 Å². The molecule has 6 nitrogen and oxygen atoms in total. The first-order chi connectivity index (χ1) is 12.3. The molecule has 2 amide bonds. The van der Waals surface area contributed by atoms with Crippen LogP contribution in [-0.4, -0.2) is 63.0 Å². The predicted molar refractivity (Wildman–Crippen MR) is 96.9 cm³/mol. The normalized spacial score (nSPS) is 21.8. The van der Waals surface area contributed by atoms with E-state index in [1.54, 1.807) is 0 Å². The Kier molecular flexibility index (Phi) is 6.94. The Hall–Kier alpha value is -1.79. The number of nitrogens with one attached hydrogen (secondary N) is 2. The van der Waals surface area contributed by atoms with Gasteiger partial charge in [0.05, 0.1) is 13.2 Å². The summed E-state index contributed by atoms with van der Waals surface area (Å²) in [5.74, 6) is 1.40. The van der Waals surface area contributed by atoms with Gasteiger partial charge in [-0.25, -0.2) is 4.79 Å². The number of benzene rings is 1. The minimum absolute atomic E-state index is 0.108. The maximum Gasteiger partial charge on any atom is 0.314 e. The fourth-order valence-corrected chi connectivity index (χ4v) is 3.48. The van der Waals surface area contributed by atoms with Gasteiger partial charge in [0.1, 0.15) is 12.4 Å². The number of para-hydroxylation sites is 1. The van der Waals surface area contributed by atoms with Crippen LogP contribution in [0.5, 0.6) is 5.75 Å². The lowest BCUT2D eigenvalue weighted by atomic mass is 9.95. The molecule has 2 aliphatic heterocycles. The summed E-state index contributed by atoms with van der Waals surface area (Å²) in [4.78, 5) is 14.4. The van der Waals surface area contributed by atoms with Crippen LogP contribution in [0, 0.1) is 5.92 Å². The van der Waals surface area contributed by atoms with Gasteiger partial charge in [0, 0.05) is 19.2 Å². The molecule has 0 spiro atoms. The van der Waals surface area contributed by atoms with Crippen molar-refractivity contribution in [2.45, 2.75) is 25.3 Å². The Bertz CT molecular complexity index is 512. The van der Waals surface area contributed by atoms with E-state index in [1.165, 1.54) is 0 Å². The number of nitrogens with zero attached hydrogens (tertiary/aromatic N) is 1. The van der Waals surface area contributed by atoms with Gasteiger partial charge >= 0.3 is 6.03 Å². The Morgan fingerprint density at radius 2 is 1.96 bits per heavy atom. The first-order valence-electron chi connectivity index (χ1n) is 9.32. The van der Waals surface area contributed by atoms with E-state index in [2.05, 4.69) is 15.5 Å². The molecule has 0 unspecified atom stereocenters. The maximum atomic E-state index is 11.9. The van der Waals surface area contributed by atoms with Crippen LogP contribution in [0.25, 0.3) is 0 Å². The van der Waals surface area contributed by atoms with Gasteiger partial charge in [0.25, 0.3) is 0 Å². The standard InChI is InChI=1S/C19H29N3O3/c23-19(20-9-13-25-18-4-2-1-3-5-18)21-14-16-6-10-22(11-7-16)17-8-12-24-15-17/h1-5,16-17H,6-15H2,(H2,20,21,23)/t17-/m0/s1. The molecule has 2 N–H and O–H groups in total. The fourth-order valence-electron chi connectivity index (χ4n) is 3.48. The Morgan fingerprint density at radius 1 is 1.16 bits per heavy atom. The van der Waals surface area contributed by atoms with E-state index in [4.69, 9.17) is 9.47 Å². The van der Waals surface area contributed by atoms with Gasteiger partial charge < -0.3 is 20.1 Å². The van der Waals surface area contributed by atoms with Crippen molar-refractivity contribution in [3.8, 4) is 5.75 Å². The van der Waals surface area contributed by atoms with Crippen molar-refractivity contribution in [2.75, 3.05) is 46.0 Å². The Balaban J connectivity index is 1.23. The van der Waals surface area contributed by atoms with Crippen LogP contribution in [-0.2, 0) is 4.74 Å². The van der Waals surface area contributed by atoms with Gasteiger partial charge in [-0.1, -0.05) is 18.2 Å². The van der Waals surface area contributed by atoms with Crippen LogP contribution in [0.4, 0.5) is 4.79 Å². The number of hydrogen-bond acceptors (Lipinski definition) is 4. The van der Waals surface area contributed by atoms with E-state index in [1.807, 2.05) is 30.3 Å². The van der Waals surface area contributed by atoms with E-state index in [-0.39, 0.29) is 6.03 Å². The highest BCUT2D eigenvalue weighted by molar-refractivity contribution is 5.73. The van der Waals surface area contributed by atoms with Crippen molar-refractivity contribution in [2.24, 2.45) is 5.92 Å². The van der Waals surface area contributed by atoms with Gasteiger partial charge in [-0.15, -0.1) is 0 Å². The van der Waals surface area contributed by atoms with Crippen LogP contribution in [0.15, 0.2) is 30.3 Å². The van der Waals surface area contributed by atoms with Crippen LogP contribution in [0.1, 0.15) is 19.3 Å². The molecule has 2 saturated heterocycles. The number of ether oxygens (including phenoxy) is 2. The molecular formula is C19H29N3O3. The second-order valence-electron chi connectivity index (χ2n) is 6.80. The van der Waals surface area contributed by atoms with Gasteiger partial charge in [-0.2, -0.15) is 0 Å². The van der Waals surface area contributed by atoms with Crippen molar-refractivity contribution in [1.82, 2.24) is 15.5 Å². The molecule has 1 atom stereocenters. The monoisotopic (exact) mass is 347 g/mol. The summed E-state index contributed by atoms with van der Waals surface area (Å²) in [6, 6.07) is 10.1. The number of amides is 2. The zero-order chi connectivity index (χ0) is 17.3. The summed E-state index contributed by atoms with van der Waals surface area (Å²) in [6.07, 6.45) is 3.46. The van der Waals surface area contributed by atoms with Crippen LogP contribution in [0.2, 0.25) is 0 Å². The first-order valence-corrected chi connectivity index (χ1v) is 9.32. The molecule has 2 aliphatic rings. The summed E-state index contributed by atoms with van der Waals surface area (Å²) < 4.78 is 11.0. The number of hydrogen-bond donors (Lipinski definition) is 2. The number of piperidine rings is 1. The van der Waals surface area contributed by atoms with E-state index in [0.29, 0.717) is 25.1 Å². The van der Waals surface area contributed by atoms with E-state index >= 15 is 0 Å². The third-order valence-electron chi connectivity index (χ3n) is 5.02. The third kappa shape index (κ3) is 5.90. The zero-order valence-electron chi connectivity index (χ0n) is 14.8. The van der Waals surface area contributed by atoms with Crippen LogP contribution in [0.3, 0.4) is 0 Å². The molecule has 0 aliphatic carbocycles. The Morgan fingerprint density at radius 3 is 2.68 bits per heavy atom. The van der Waals surface area contributed by atoms with Gasteiger partial charge in [0.15, 0.2) is 0 Å². The molecule has 0 aromatic heterocycles. The summed E-state index contributed by atoms with van der Waals surface area (Å²) >= 11 is 0. The first kappa shape index (κ1) is 18.0. The van der Waals surface area contributed by atoms with Crippen molar-refractivity contribution >= 4 is 6.03 Å². The second-order valence-corrected chi connectivity index (χ2v) is 6.80. The molecule has 2 fully saturated rings. The van der Waals surface area contributed by atoms with Gasteiger partial charge in [-0.3, -0.25) is 4.90 Å². The van der Waals surface area contributed by atoms with Crippen LogP contribution >= 0.6 is 0 Å². The molecule has 0 saturated carbocycles. The number of likely N-dealkylation sites (tertiary alicyclic amines) is 1. The number of rotatable bonds is 7. The second kappa shape index (κ2) is 9.63. The largest absolute Gasteiger partial charge is 0.492 e. The van der Waals surface area contributed by atoms with Crippen LogP contribution < -0.4 is 15.4 Å². The summed E-state index contributed by atoms with van der Waals surface area (Å²) in [5, 5.41) is 5.83. The molecule has 1 aromatic carbocycles. The average molecular weight is 347 g/mol. The molecular weight excluding hydrogens is 318 g/mol. The number of carbonyl (C=O) groups is 1.